The van der Waals surface area contributed by atoms with Crippen molar-refractivity contribution in [1.29, 1.82) is 0 Å². The molecule has 0 bridgehead atoms. The van der Waals surface area contributed by atoms with Crippen LogP contribution in [0.4, 0.5) is 5.69 Å². The third-order valence-corrected chi connectivity index (χ3v) is 4.88. The Kier molecular flexibility index (Phi) is 5.35. The van der Waals surface area contributed by atoms with E-state index >= 15 is 0 Å². The van der Waals surface area contributed by atoms with Gasteiger partial charge in [-0.3, -0.25) is 9.59 Å². The summed E-state index contributed by atoms with van der Waals surface area (Å²) in [6.45, 7) is 1.06. The second kappa shape index (κ2) is 8.23. The number of rotatable bonds is 5. The standard InChI is InChI=1S/C23H22N2O3/c26-22(24-15-16-10-11-17-5-1-2-6-18(17)13-16)19-7-3-8-20(14-19)25-23(27)21-9-4-12-28-21/h1-3,5-8,10-11,13-14,21H,4,9,12,15H2,(H,24,26)(H,25,27). The van der Waals surface area contributed by atoms with Gasteiger partial charge in [-0.05, 0) is 53.4 Å². The summed E-state index contributed by atoms with van der Waals surface area (Å²) in [7, 11) is 0. The number of carbonyl (C=O) groups excluding carboxylic acids is 2. The molecule has 0 radical (unpaired) electrons. The van der Waals surface area contributed by atoms with Gasteiger partial charge in [-0.2, -0.15) is 0 Å². The molecule has 1 aliphatic heterocycles. The van der Waals surface area contributed by atoms with Crippen LogP contribution in [0.2, 0.25) is 0 Å². The minimum atomic E-state index is -0.398. The lowest BCUT2D eigenvalue weighted by Gasteiger charge is -2.11. The van der Waals surface area contributed by atoms with E-state index in [1.807, 2.05) is 18.2 Å². The highest BCUT2D eigenvalue weighted by atomic mass is 16.5. The van der Waals surface area contributed by atoms with E-state index < -0.39 is 6.10 Å². The number of nitrogens with one attached hydrogen (secondary N) is 2. The highest BCUT2D eigenvalue weighted by Gasteiger charge is 2.23. The number of anilines is 1. The molecule has 28 heavy (non-hydrogen) atoms. The summed E-state index contributed by atoms with van der Waals surface area (Å²) in [6, 6.07) is 21.2. The molecule has 0 aliphatic carbocycles. The van der Waals surface area contributed by atoms with Crippen molar-refractivity contribution in [3.8, 4) is 0 Å². The molecule has 4 rings (SSSR count). The van der Waals surface area contributed by atoms with Crippen molar-refractivity contribution in [2.45, 2.75) is 25.5 Å². The van der Waals surface area contributed by atoms with Crippen molar-refractivity contribution in [2.24, 2.45) is 0 Å². The van der Waals surface area contributed by atoms with Crippen LogP contribution in [-0.4, -0.2) is 24.5 Å². The summed E-state index contributed by atoms with van der Waals surface area (Å²) >= 11 is 0. The molecule has 1 fully saturated rings. The van der Waals surface area contributed by atoms with Gasteiger partial charge in [-0.15, -0.1) is 0 Å². The zero-order valence-corrected chi connectivity index (χ0v) is 15.5. The largest absolute Gasteiger partial charge is 0.368 e. The van der Waals surface area contributed by atoms with Crippen molar-refractivity contribution in [2.75, 3.05) is 11.9 Å². The predicted octanol–water partition coefficient (Wildman–Crippen LogP) is 3.89. The summed E-state index contributed by atoms with van der Waals surface area (Å²) < 4.78 is 5.39. The zero-order valence-electron chi connectivity index (χ0n) is 15.5. The van der Waals surface area contributed by atoms with Gasteiger partial charge in [0.2, 0.25) is 0 Å². The fourth-order valence-corrected chi connectivity index (χ4v) is 3.38. The van der Waals surface area contributed by atoms with Crippen molar-refractivity contribution in [3.05, 3.63) is 77.9 Å². The molecule has 2 N–H and O–H groups in total. The lowest BCUT2D eigenvalue weighted by molar-refractivity contribution is -0.124. The van der Waals surface area contributed by atoms with E-state index in [4.69, 9.17) is 4.74 Å². The summed E-state index contributed by atoms with van der Waals surface area (Å²) in [4.78, 5) is 24.7. The summed E-state index contributed by atoms with van der Waals surface area (Å²) in [5.74, 6) is -0.340. The quantitative estimate of drug-likeness (QED) is 0.712. The van der Waals surface area contributed by atoms with E-state index in [9.17, 15) is 9.59 Å². The Morgan fingerprint density at radius 3 is 2.64 bits per heavy atom. The highest BCUT2D eigenvalue weighted by Crippen LogP contribution is 2.17. The van der Waals surface area contributed by atoms with E-state index in [1.165, 1.54) is 5.39 Å². The van der Waals surface area contributed by atoms with Gasteiger partial charge in [-0.25, -0.2) is 0 Å². The summed E-state index contributed by atoms with van der Waals surface area (Å²) in [5, 5.41) is 8.09. The summed E-state index contributed by atoms with van der Waals surface area (Å²) in [6.07, 6.45) is 1.23. The second-order valence-corrected chi connectivity index (χ2v) is 6.94. The third kappa shape index (κ3) is 4.21. The molecule has 0 saturated carbocycles. The topological polar surface area (TPSA) is 67.4 Å². The molecular weight excluding hydrogens is 352 g/mol. The molecule has 5 nitrogen and oxygen atoms in total. The fraction of sp³-hybridized carbons (Fsp3) is 0.217. The Hall–Kier alpha value is -3.18. The molecule has 1 heterocycles. The lowest BCUT2D eigenvalue weighted by Crippen LogP contribution is -2.27. The van der Waals surface area contributed by atoms with Crippen LogP contribution in [0.5, 0.6) is 0 Å². The molecule has 1 aliphatic rings. The van der Waals surface area contributed by atoms with Gasteiger partial charge >= 0.3 is 0 Å². The molecule has 1 saturated heterocycles. The van der Waals surface area contributed by atoms with Crippen LogP contribution in [0.1, 0.15) is 28.8 Å². The highest BCUT2D eigenvalue weighted by molar-refractivity contribution is 5.98. The molecule has 0 spiro atoms. The summed E-state index contributed by atoms with van der Waals surface area (Å²) in [5.41, 5.74) is 2.14. The van der Waals surface area contributed by atoms with Gasteiger partial charge in [0.15, 0.2) is 0 Å². The molecule has 142 valence electrons. The van der Waals surface area contributed by atoms with E-state index in [2.05, 4.69) is 34.9 Å². The monoisotopic (exact) mass is 374 g/mol. The smallest absolute Gasteiger partial charge is 0.253 e. The molecule has 2 amide bonds. The number of amides is 2. The fourth-order valence-electron chi connectivity index (χ4n) is 3.38. The van der Waals surface area contributed by atoms with Gasteiger partial charge in [-0.1, -0.05) is 42.5 Å². The molecule has 3 aromatic carbocycles. The Bertz CT molecular complexity index is 1010. The van der Waals surface area contributed by atoms with Crippen molar-refractivity contribution >= 4 is 28.3 Å². The van der Waals surface area contributed by atoms with Gasteiger partial charge in [0, 0.05) is 24.4 Å². The molecule has 5 heteroatoms. The van der Waals surface area contributed by atoms with Crippen molar-refractivity contribution in [1.82, 2.24) is 5.32 Å². The first-order valence-corrected chi connectivity index (χ1v) is 9.47. The Morgan fingerprint density at radius 2 is 1.82 bits per heavy atom. The normalized spacial score (nSPS) is 16.1. The molecular formula is C23H22N2O3. The first kappa shape index (κ1) is 18.2. The van der Waals surface area contributed by atoms with E-state index in [1.54, 1.807) is 24.3 Å². The van der Waals surface area contributed by atoms with Crippen LogP contribution < -0.4 is 10.6 Å². The van der Waals surface area contributed by atoms with Gasteiger partial charge in [0.05, 0.1) is 0 Å². The van der Waals surface area contributed by atoms with Gasteiger partial charge in [0.25, 0.3) is 11.8 Å². The van der Waals surface area contributed by atoms with E-state index in [0.29, 0.717) is 24.4 Å². The van der Waals surface area contributed by atoms with E-state index in [-0.39, 0.29) is 11.8 Å². The number of hydrogen-bond acceptors (Lipinski definition) is 3. The number of ether oxygens (including phenoxy) is 1. The minimum absolute atomic E-state index is 0.161. The Balaban J connectivity index is 1.39. The van der Waals surface area contributed by atoms with Crippen LogP contribution in [0.25, 0.3) is 10.8 Å². The maximum atomic E-state index is 12.5. The number of benzene rings is 3. The third-order valence-electron chi connectivity index (χ3n) is 4.88. The van der Waals surface area contributed by atoms with Crippen LogP contribution in [-0.2, 0) is 16.1 Å². The number of hydrogen-bond donors (Lipinski definition) is 2. The Labute approximate surface area is 163 Å². The minimum Gasteiger partial charge on any atom is -0.368 e. The van der Waals surface area contributed by atoms with Crippen LogP contribution >= 0.6 is 0 Å². The van der Waals surface area contributed by atoms with Gasteiger partial charge < -0.3 is 15.4 Å². The van der Waals surface area contributed by atoms with Gasteiger partial charge in [0.1, 0.15) is 6.10 Å². The van der Waals surface area contributed by atoms with Crippen LogP contribution in [0.3, 0.4) is 0 Å². The molecule has 0 aromatic heterocycles. The average Bonchev–Trinajstić information content (AvgIpc) is 3.27. The van der Waals surface area contributed by atoms with Crippen molar-refractivity contribution < 1.29 is 14.3 Å². The Morgan fingerprint density at radius 1 is 0.964 bits per heavy atom. The first-order valence-electron chi connectivity index (χ1n) is 9.47. The average molecular weight is 374 g/mol. The predicted molar refractivity (Wildman–Crippen MR) is 109 cm³/mol. The van der Waals surface area contributed by atoms with Crippen LogP contribution in [0, 0.1) is 0 Å². The number of carbonyl (C=O) groups is 2. The molecule has 3 aromatic rings. The SMILES string of the molecule is O=C(NCc1ccc2ccccc2c1)c1cccc(NC(=O)C2CCCO2)c1. The molecule has 1 unspecified atom stereocenters. The lowest BCUT2D eigenvalue weighted by atomic mass is 10.1. The first-order chi connectivity index (χ1) is 13.7. The van der Waals surface area contributed by atoms with Crippen LogP contribution in [0.15, 0.2) is 66.7 Å². The maximum absolute atomic E-state index is 12.5. The molecule has 1 atom stereocenters. The zero-order chi connectivity index (χ0) is 19.3. The number of fused-ring (bicyclic) bond motifs is 1. The second-order valence-electron chi connectivity index (χ2n) is 6.94. The van der Waals surface area contributed by atoms with Crippen molar-refractivity contribution in [3.63, 3.8) is 0 Å². The maximum Gasteiger partial charge on any atom is 0.253 e. The van der Waals surface area contributed by atoms with E-state index in [0.717, 1.165) is 23.8 Å².